The first-order chi connectivity index (χ1) is 8.60. The van der Waals surface area contributed by atoms with Gasteiger partial charge in [-0.25, -0.2) is 4.79 Å². The van der Waals surface area contributed by atoms with E-state index >= 15 is 0 Å². The Morgan fingerprint density at radius 3 is 2.72 bits per heavy atom. The molecule has 18 heavy (non-hydrogen) atoms. The Morgan fingerprint density at radius 2 is 2.11 bits per heavy atom. The first kappa shape index (κ1) is 12.8. The van der Waals surface area contributed by atoms with Crippen molar-refractivity contribution < 1.29 is 14.6 Å². The van der Waals surface area contributed by atoms with Gasteiger partial charge in [-0.15, -0.1) is 0 Å². The fourth-order valence-electron chi connectivity index (χ4n) is 2.11. The van der Waals surface area contributed by atoms with Gasteiger partial charge in [0.05, 0.1) is 0 Å². The summed E-state index contributed by atoms with van der Waals surface area (Å²) in [5.41, 5.74) is 0.216. The molecule has 0 aliphatic heterocycles. The molecule has 1 aromatic rings. The van der Waals surface area contributed by atoms with Crippen molar-refractivity contribution in [3.63, 3.8) is 0 Å². The summed E-state index contributed by atoms with van der Waals surface area (Å²) in [5, 5.41) is 10.2. The summed E-state index contributed by atoms with van der Waals surface area (Å²) in [5.74, 6) is -0.570. The number of rotatable bonds is 4. The van der Waals surface area contributed by atoms with E-state index in [-0.39, 0.29) is 6.61 Å². The lowest BCUT2D eigenvalue weighted by Gasteiger charge is -2.22. The van der Waals surface area contributed by atoms with Gasteiger partial charge in [0.15, 0.2) is 5.60 Å². The molecule has 0 bridgehead atoms. The van der Waals surface area contributed by atoms with Gasteiger partial charge in [-0.2, -0.15) is 0 Å². The minimum atomic E-state index is -1.48. The maximum Gasteiger partial charge on any atom is 0.342 e. The standard InChI is InChI=1S/C15H18O3/c1-15(17,13-9-5-6-10-13)14(16)18-11-12-7-3-2-4-8-12/h2-4,7-9,17H,5-6,10-11H2,1H3. The van der Waals surface area contributed by atoms with E-state index in [2.05, 4.69) is 0 Å². The van der Waals surface area contributed by atoms with Gasteiger partial charge in [-0.3, -0.25) is 0 Å². The molecule has 0 saturated carbocycles. The molecule has 0 aromatic heterocycles. The van der Waals surface area contributed by atoms with Gasteiger partial charge in [0.1, 0.15) is 6.61 Å². The maximum absolute atomic E-state index is 11.9. The molecule has 3 nitrogen and oxygen atoms in total. The second-order valence-electron chi connectivity index (χ2n) is 4.76. The minimum Gasteiger partial charge on any atom is -0.458 e. The molecule has 0 amide bonds. The second kappa shape index (κ2) is 5.36. The lowest BCUT2D eigenvalue weighted by molar-refractivity contribution is -0.161. The third kappa shape index (κ3) is 2.79. The number of benzene rings is 1. The predicted octanol–water partition coefficient (Wildman–Crippen LogP) is 2.59. The van der Waals surface area contributed by atoms with Gasteiger partial charge in [0.2, 0.25) is 0 Å². The molecular formula is C15H18O3. The molecule has 0 spiro atoms. The normalized spacial score (nSPS) is 18.0. The van der Waals surface area contributed by atoms with Crippen LogP contribution >= 0.6 is 0 Å². The molecule has 1 N–H and O–H groups in total. The summed E-state index contributed by atoms with van der Waals surface area (Å²) in [6, 6.07) is 9.46. The van der Waals surface area contributed by atoms with E-state index in [1.54, 1.807) is 0 Å². The number of carbonyl (C=O) groups is 1. The highest BCUT2D eigenvalue weighted by atomic mass is 16.5. The average Bonchev–Trinajstić information content (AvgIpc) is 2.91. The van der Waals surface area contributed by atoms with Crippen molar-refractivity contribution in [2.24, 2.45) is 0 Å². The van der Waals surface area contributed by atoms with E-state index in [0.717, 1.165) is 30.4 Å². The summed E-state index contributed by atoms with van der Waals surface area (Å²) in [6.45, 7) is 1.71. The maximum atomic E-state index is 11.9. The number of aliphatic hydroxyl groups is 1. The summed E-state index contributed by atoms with van der Waals surface area (Å²) in [4.78, 5) is 11.9. The fraction of sp³-hybridized carbons (Fsp3) is 0.400. The van der Waals surface area contributed by atoms with Crippen LogP contribution in [0.2, 0.25) is 0 Å². The van der Waals surface area contributed by atoms with Crippen LogP contribution in [0.4, 0.5) is 0 Å². The van der Waals surface area contributed by atoms with Crippen molar-refractivity contribution in [1.82, 2.24) is 0 Å². The van der Waals surface area contributed by atoms with Gasteiger partial charge in [0.25, 0.3) is 0 Å². The highest BCUT2D eigenvalue weighted by Crippen LogP contribution is 2.29. The molecule has 2 rings (SSSR count). The van der Waals surface area contributed by atoms with E-state index in [9.17, 15) is 9.90 Å². The van der Waals surface area contributed by atoms with E-state index in [4.69, 9.17) is 4.74 Å². The van der Waals surface area contributed by atoms with Crippen LogP contribution in [0.5, 0.6) is 0 Å². The number of esters is 1. The zero-order chi connectivity index (χ0) is 13.0. The molecule has 1 aromatic carbocycles. The van der Waals surface area contributed by atoms with Crippen LogP contribution in [0.1, 0.15) is 31.7 Å². The molecular weight excluding hydrogens is 228 g/mol. The highest BCUT2D eigenvalue weighted by molar-refractivity contribution is 5.82. The molecule has 0 saturated heterocycles. The van der Waals surface area contributed by atoms with Gasteiger partial charge >= 0.3 is 5.97 Å². The Balaban J connectivity index is 1.95. The van der Waals surface area contributed by atoms with Gasteiger partial charge in [-0.1, -0.05) is 36.4 Å². The van der Waals surface area contributed by atoms with Crippen LogP contribution in [-0.4, -0.2) is 16.7 Å². The SMILES string of the molecule is CC(O)(C(=O)OCc1ccccc1)C1=CCCC1. The summed E-state index contributed by atoms with van der Waals surface area (Å²) in [6.07, 6.45) is 4.63. The van der Waals surface area contributed by atoms with Crippen LogP contribution in [0.15, 0.2) is 42.0 Å². The highest BCUT2D eigenvalue weighted by Gasteiger charge is 2.36. The largest absolute Gasteiger partial charge is 0.458 e. The summed E-state index contributed by atoms with van der Waals surface area (Å²) < 4.78 is 5.18. The Kier molecular flexibility index (Phi) is 3.82. The Morgan fingerprint density at radius 1 is 1.39 bits per heavy atom. The van der Waals surface area contributed by atoms with Crippen molar-refractivity contribution in [2.45, 2.75) is 38.4 Å². The average molecular weight is 246 g/mol. The fourth-order valence-corrected chi connectivity index (χ4v) is 2.11. The minimum absolute atomic E-state index is 0.198. The quantitative estimate of drug-likeness (QED) is 0.656. The van der Waals surface area contributed by atoms with Crippen molar-refractivity contribution >= 4 is 5.97 Å². The number of hydrogen-bond donors (Lipinski definition) is 1. The zero-order valence-electron chi connectivity index (χ0n) is 10.6. The van der Waals surface area contributed by atoms with Crippen LogP contribution in [0, 0.1) is 0 Å². The number of hydrogen-bond acceptors (Lipinski definition) is 3. The van der Waals surface area contributed by atoms with Gasteiger partial charge in [-0.05, 0) is 37.3 Å². The van der Waals surface area contributed by atoms with Gasteiger partial charge in [0, 0.05) is 0 Å². The van der Waals surface area contributed by atoms with Crippen LogP contribution < -0.4 is 0 Å². The molecule has 0 radical (unpaired) electrons. The molecule has 1 unspecified atom stereocenters. The lowest BCUT2D eigenvalue weighted by Crippen LogP contribution is -2.38. The Bertz CT molecular complexity index is 446. The van der Waals surface area contributed by atoms with Crippen LogP contribution in [0.25, 0.3) is 0 Å². The van der Waals surface area contributed by atoms with Crippen molar-refractivity contribution in [3.05, 3.63) is 47.5 Å². The van der Waals surface area contributed by atoms with Crippen LogP contribution in [0.3, 0.4) is 0 Å². The summed E-state index contributed by atoms with van der Waals surface area (Å²) in [7, 11) is 0. The molecule has 0 heterocycles. The van der Waals surface area contributed by atoms with Crippen molar-refractivity contribution in [2.75, 3.05) is 0 Å². The van der Waals surface area contributed by atoms with Crippen LogP contribution in [-0.2, 0) is 16.1 Å². The zero-order valence-corrected chi connectivity index (χ0v) is 10.6. The molecule has 3 heteroatoms. The Labute approximate surface area is 107 Å². The monoisotopic (exact) mass is 246 g/mol. The Hall–Kier alpha value is -1.61. The van der Waals surface area contributed by atoms with E-state index < -0.39 is 11.6 Å². The third-order valence-corrected chi connectivity index (χ3v) is 3.28. The lowest BCUT2D eigenvalue weighted by atomic mass is 9.95. The van der Waals surface area contributed by atoms with E-state index in [0.29, 0.717) is 0 Å². The topological polar surface area (TPSA) is 46.5 Å². The van der Waals surface area contributed by atoms with Crippen molar-refractivity contribution in [1.29, 1.82) is 0 Å². The van der Waals surface area contributed by atoms with E-state index in [1.807, 2.05) is 36.4 Å². The number of allylic oxidation sites excluding steroid dienone is 1. The number of carbonyl (C=O) groups excluding carboxylic acids is 1. The predicted molar refractivity (Wildman–Crippen MR) is 68.8 cm³/mol. The molecule has 1 aliphatic carbocycles. The smallest absolute Gasteiger partial charge is 0.342 e. The van der Waals surface area contributed by atoms with Gasteiger partial charge < -0.3 is 9.84 Å². The number of ether oxygens (including phenoxy) is 1. The van der Waals surface area contributed by atoms with Crippen molar-refractivity contribution in [3.8, 4) is 0 Å². The first-order valence-electron chi connectivity index (χ1n) is 6.24. The second-order valence-corrected chi connectivity index (χ2v) is 4.76. The van der Waals surface area contributed by atoms with E-state index in [1.165, 1.54) is 6.92 Å². The first-order valence-corrected chi connectivity index (χ1v) is 6.24. The summed E-state index contributed by atoms with van der Waals surface area (Å²) >= 11 is 0. The molecule has 0 fully saturated rings. The molecule has 1 atom stereocenters. The molecule has 96 valence electrons. The molecule has 1 aliphatic rings. The third-order valence-electron chi connectivity index (χ3n) is 3.28.